The third kappa shape index (κ3) is 4.36. The lowest BCUT2D eigenvalue weighted by Crippen LogP contribution is -1.97. The molecular weight excluding hydrogens is 186 g/mol. The Labute approximate surface area is 91.3 Å². The van der Waals surface area contributed by atoms with E-state index in [0.717, 1.165) is 18.0 Å². The minimum atomic E-state index is 0.830. The molecule has 0 atom stereocenters. The van der Waals surface area contributed by atoms with Crippen LogP contribution in [0.3, 0.4) is 0 Å². The van der Waals surface area contributed by atoms with Crippen molar-refractivity contribution >= 4 is 5.69 Å². The van der Waals surface area contributed by atoms with E-state index in [0.29, 0.717) is 0 Å². The summed E-state index contributed by atoms with van der Waals surface area (Å²) < 4.78 is 5.08. The molecule has 0 amide bonds. The van der Waals surface area contributed by atoms with Crippen LogP contribution in [0.4, 0.5) is 5.69 Å². The molecule has 0 aliphatic heterocycles. The second-order valence-electron chi connectivity index (χ2n) is 3.06. The van der Waals surface area contributed by atoms with Crippen molar-refractivity contribution in [1.82, 2.24) is 0 Å². The molecule has 0 aliphatic rings. The minimum Gasteiger partial charge on any atom is -0.497 e. The summed E-state index contributed by atoms with van der Waals surface area (Å²) in [7, 11) is 1.67. The minimum absolute atomic E-state index is 0.830. The molecule has 0 bridgehead atoms. The van der Waals surface area contributed by atoms with Crippen molar-refractivity contribution in [2.45, 2.75) is 6.92 Å². The molecule has 80 valence electrons. The number of nitrogens with one attached hydrogen (secondary N) is 1. The third-order valence-electron chi connectivity index (χ3n) is 1.95. The maximum absolute atomic E-state index is 5.08. The Morgan fingerprint density at radius 3 is 2.53 bits per heavy atom. The van der Waals surface area contributed by atoms with E-state index >= 15 is 0 Å². The van der Waals surface area contributed by atoms with Gasteiger partial charge in [0.05, 0.1) is 7.11 Å². The van der Waals surface area contributed by atoms with Gasteiger partial charge in [-0.15, -0.1) is 0 Å². The number of rotatable bonds is 5. The second-order valence-corrected chi connectivity index (χ2v) is 3.06. The lowest BCUT2D eigenvalue weighted by atomic mass is 10.3. The fourth-order valence-corrected chi connectivity index (χ4v) is 1.14. The average Bonchev–Trinajstić information content (AvgIpc) is 2.30. The molecule has 0 spiro atoms. The first-order valence-corrected chi connectivity index (χ1v) is 5.02. The summed E-state index contributed by atoms with van der Waals surface area (Å²) >= 11 is 0. The quantitative estimate of drug-likeness (QED) is 0.742. The number of methoxy groups -OCH3 is 1. The number of anilines is 1. The summed E-state index contributed by atoms with van der Waals surface area (Å²) in [6.45, 7) is 2.83. The number of hydrogen-bond donors (Lipinski definition) is 1. The number of hydrogen-bond acceptors (Lipinski definition) is 2. The van der Waals surface area contributed by atoms with Crippen LogP contribution in [-0.4, -0.2) is 13.7 Å². The van der Waals surface area contributed by atoms with Gasteiger partial charge in [0, 0.05) is 12.2 Å². The maximum atomic E-state index is 5.08. The molecule has 0 heterocycles. The fourth-order valence-electron chi connectivity index (χ4n) is 1.14. The fraction of sp³-hybridized carbons (Fsp3) is 0.231. The van der Waals surface area contributed by atoms with E-state index in [1.165, 1.54) is 0 Å². The van der Waals surface area contributed by atoms with Gasteiger partial charge in [0.2, 0.25) is 0 Å². The van der Waals surface area contributed by atoms with Crippen LogP contribution in [0.5, 0.6) is 5.75 Å². The molecule has 0 radical (unpaired) electrons. The van der Waals surface area contributed by atoms with E-state index in [9.17, 15) is 0 Å². The Bertz CT molecular complexity index is 325. The number of benzene rings is 1. The van der Waals surface area contributed by atoms with Crippen LogP contribution >= 0.6 is 0 Å². The van der Waals surface area contributed by atoms with E-state index in [4.69, 9.17) is 4.74 Å². The van der Waals surface area contributed by atoms with Gasteiger partial charge in [0.25, 0.3) is 0 Å². The van der Waals surface area contributed by atoms with E-state index in [2.05, 4.69) is 11.4 Å². The van der Waals surface area contributed by atoms with Crippen molar-refractivity contribution in [3.8, 4) is 5.75 Å². The van der Waals surface area contributed by atoms with Crippen LogP contribution in [0.2, 0.25) is 0 Å². The summed E-state index contributed by atoms with van der Waals surface area (Å²) in [6.07, 6.45) is 8.11. The van der Waals surface area contributed by atoms with Crippen molar-refractivity contribution < 1.29 is 4.74 Å². The SMILES string of the molecule is C/C=C/C=C\CNc1ccc(OC)cc1. The smallest absolute Gasteiger partial charge is 0.119 e. The van der Waals surface area contributed by atoms with Gasteiger partial charge < -0.3 is 10.1 Å². The first-order chi connectivity index (χ1) is 7.36. The highest BCUT2D eigenvalue weighted by Crippen LogP contribution is 2.14. The van der Waals surface area contributed by atoms with E-state index in [1.54, 1.807) is 7.11 Å². The van der Waals surface area contributed by atoms with Crippen molar-refractivity contribution in [2.75, 3.05) is 19.0 Å². The predicted octanol–water partition coefficient (Wildman–Crippen LogP) is 3.24. The lowest BCUT2D eigenvalue weighted by molar-refractivity contribution is 0.415. The molecule has 15 heavy (non-hydrogen) atoms. The molecule has 2 nitrogen and oxygen atoms in total. The summed E-state index contributed by atoms with van der Waals surface area (Å²) in [5.41, 5.74) is 1.10. The van der Waals surface area contributed by atoms with Gasteiger partial charge in [-0.05, 0) is 31.2 Å². The zero-order valence-electron chi connectivity index (χ0n) is 9.23. The van der Waals surface area contributed by atoms with Gasteiger partial charge in [-0.1, -0.05) is 24.3 Å². The van der Waals surface area contributed by atoms with E-state index in [1.807, 2.05) is 49.4 Å². The van der Waals surface area contributed by atoms with E-state index in [-0.39, 0.29) is 0 Å². The monoisotopic (exact) mass is 203 g/mol. The summed E-state index contributed by atoms with van der Waals surface area (Å²) in [4.78, 5) is 0. The first-order valence-electron chi connectivity index (χ1n) is 5.02. The third-order valence-corrected chi connectivity index (χ3v) is 1.95. The van der Waals surface area contributed by atoms with Crippen LogP contribution in [0.25, 0.3) is 0 Å². The van der Waals surface area contributed by atoms with Crippen molar-refractivity contribution in [1.29, 1.82) is 0 Å². The molecule has 1 rings (SSSR count). The largest absolute Gasteiger partial charge is 0.497 e. The Balaban J connectivity index is 2.37. The molecule has 0 unspecified atom stereocenters. The van der Waals surface area contributed by atoms with Crippen LogP contribution in [0.15, 0.2) is 48.6 Å². The Hall–Kier alpha value is -1.70. The predicted molar refractivity (Wildman–Crippen MR) is 65.4 cm³/mol. The standard InChI is InChI=1S/C13H17NO/c1-3-4-5-6-11-14-12-7-9-13(15-2)10-8-12/h3-10,14H,11H2,1-2H3/b4-3+,6-5-. The van der Waals surface area contributed by atoms with Gasteiger partial charge in [-0.3, -0.25) is 0 Å². The molecule has 0 saturated carbocycles. The lowest BCUT2D eigenvalue weighted by Gasteiger charge is -2.04. The highest BCUT2D eigenvalue weighted by molar-refractivity contribution is 5.46. The van der Waals surface area contributed by atoms with E-state index < -0.39 is 0 Å². The highest BCUT2D eigenvalue weighted by Gasteiger charge is 1.90. The highest BCUT2D eigenvalue weighted by atomic mass is 16.5. The zero-order chi connectivity index (χ0) is 10.9. The normalized spacial score (nSPS) is 11.1. The second kappa shape index (κ2) is 6.71. The van der Waals surface area contributed by atoms with Gasteiger partial charge >= 0.3 is 0 Å². The number of ether oxygens (including phenoxy) is 1. The molecule has 1 aromatic carbocycles. The molecule has 0 aliphatic carbocycles. The zero-order valence-corrected chi connectivity index (χ0v) is 9.23. The molecule has 0 fully saturated rings. The maximum Gasteiger partial charge on any atom is 0.119 e. The molecule has 0 saturated heterocycles. The summed E-state index contributed by atoms with van der Waals surface area (Å²) in [5.74, 6) is 0.880. The first kappa shape index (κ1) is 11.4. The van der Waals surface area contributed by atoms with Gasteiger partial charge in [0.1, 0.15) is 5.75 Å². The molecule has 1 N–H and O–H groups in total. The average molecular weight is 203 g/mol. The van der Waals surface area contributed by atoms with Crippen LogP contribution in [0, 0.1) is 0 Å². The topological polar surface area (TPSA) is 21.3 Å². The van der Waals surface area contributed by atoms with Gasteiger partial charge in [-0.25, -0.2) is 0 Å². The van der Waals surface area contributed by atoms with Gasteiger partial charge in [-0.2, -0.15) is 0 Å². The van der Waals surface area contributed by atoms with Crippen LogP contribution in [0.1, 0.15) is 6.92 Å². The Morgan fingerprint density at radius 2 is 1.93 bits per heavy atom. The number of allylic oxidation sites excluding steroid dienone is 3. The van der Waals surface area contributed by atoms with Gasteiger partial charge in [0.15, 0.2) is 0 Å². The van der Waals surface area contributed by atoms with Crippen molar-refractivity contribution in [3.63, 3.8) is 0 Å². The van der Waals surface area contributed by atoms with Crippen LogP contribution < -0.4 is 10.1 Å². The van der Waals surface area contributed by atoms with Crippen LogP contribution in [-0.2, 0) is 0 Å². The van der Waals surface area contributed by atoms with Crippen molar-refractivity contribution in [3.05, 3.63) is 48.6 Å². The molecular formula is C13H17NO. The molecule has 1 aromatic rings. The molecule has 2 heteroatoms. The molecule has 0 aromatic heterocycles. The summed E-state index contributed by atoms with van der Waals surface area (Å²) in [6, 6.07) is 7.89. The summed E-state index contributed by atoms with van der Waals surface area (Å²) in [5, 5.41) is 3.28. The Morgan fingerprint density at radius 1 is 1.20 bits per heavy atom. The Kier molecular flexibility index (Phi) is 5.09. The van der Waals surface area contributed by atoms with Crippen molar-refractivity contribution in [2.24, 2.45) is 0 Å².